The van der Waals surface area contributed by atoms with Crippen LogP contribution < -0.4 is 5.73 Å². The second-order valence-electron chi connectivity index (χ2n) is 4.35. The van der Waals surface area contributed by atoms with Crippen molar-refractivity contribution >= 4 is 10.9 Å². The van der Waals surface area contributed by atoms with Crippen molar-refractivity contribution in [2.75, 3.05) is 0 Å². The first-order valence-electron chi connectivity index (χ1n) is 5.90. The van der Waals surface area contributed by atoms with Gasteiger partial charge in [-0.3, -0.25) is 4.98 Å². The Morgan fingerprint density at radius 3 is 2.67 bits per heavy atom. The van der Waals surface area contributed by atoms with Crippen LogP contribution >= 0.6 is 0 Å². The topological polar surface area (TPSA) is 56.7 Å². The van der Waals surface area contributed by atoms with E-state index in [2.05, 4.69) is 10.1 Å². The number of aromatic nitrogens is 3. The number of benzene rings is 1. The second kappa shape index (κ2) is 4.23. The predicted molar refractivity (Wildman–Crippen MR) is 71.5 cm³/mol. The zero-order chi connectivity index (χ0) is 12.5. The number of nitrogens with zero attached hydrogens (tertiary/aromatic N) is 3. The van der Waals surface area contributed by atoms with Crippen molar-refractivity contribution in [1.82, 2.24) is 14.8 Å². The van der Waals surface area contributed by atoms with Crippen molar-refractivity contribution in [3.8, 4) is 5.69 Å². The number of rotatable bonds is 2. The molecule has 0 spiro atoms. The van der Waals surface area contributed by atoms with E-state index in [1.165, 1.54) is 0 Å². The highest BCUT2D eigenvalue weighted by molar-refractivity contribution is 5.79. The van der Waals surface area contributed by atoms with Gasteiger partial charge in [-0.1, -0.05) is 18.2 Å². The van der Waals surface area contributed by atoms with Crippen LogP contribution in [-0.2, 0) is 0 Å². The van der Waals surface area contributed by atoms with Crippen molar-refractivity contribution in [2.45, 2.75) is 13.0 Å². The third kappa shape index (κ3) is 1.76. The average Bonchev–Trinajstić information content (AvgIpc) is 2.82. The number of hydrogen-bond donors (Lipinski definition) is 1. The Hall–Kier alpha value is -2.20. The highest BCUT2D eigenvalue weighted by atomic mass is 15.3. The van der Waals surface area contributed by atoms with Gasteiger partial charge in [-0.05, 0) is 25.1 Å². The molecular formula is C14H14N4. The molecule has 0 aliphatic heterocycles. The molecule has 3 rings (SSSR count). The summed E-state index contributed by atoms with van der Waals surface area (Å²) in [5.41, 5.74) is 8.69. The Kier molecular flexibility index (Phi) is 2.57. The van der Waals surface area contributed by atoms with Crippen LogP contribution in [0.2, 0.25) is 0 Å². The third-order valence-corrected chi connectivity index (χ3v) is 2.96. The van der Waals surface area contributed by atoms with E-state index in [-0.39, 0.29) is 6.04 Å². The van der Waals surface area contributed by atoms with Crippen molar-refractivity contribution in [1.29, 1.82) is 0 Å². The summed E-state index contributed by atoms with van der Waals surface area (Å²) in [7, 11) is 0. The molecule has 0 radical (unpaired) electrons. The molecule has 0 saturated heterocycles. The molecule has 2 N–H and O–H groups in total. The normalized spacial score (nSPS) is 12.8. The van der Waals surface area contributed by atoms with Gasteiger partial charge in [0.1, 0.15) is 0 Å². The maximum atomic E-state index is 5.79. The number of nitrogens with two attached hydrogens (primary N) is 1. The molecule has 90 valence electrons. The molecule has 0 amide bonds. The SMILES string of the molecule is C[C@H](N)c1ccc(-n2ncc3ccccc32)cn1. The minimum Gasteiger partial charge on any atom is -0.323 e. The number of hydrogen-bond acceptors (Lipinski definition) is 3. The summed E-state index contributed by atoms with van der Waals surface area (Å²) in [4.78, 5) is 4.36. The molecule has 0 unspecified atom stereocenters. The molecule has 4 nitrogen and oxygen atoms in total. The first-order valence-corrected chi connectivity index (χ1v) is 5.90. The molecule has 4 heteroatoms. The standard InChI is InChI=1S/C14H14N4/c1-10(15)13-7-6-12(9-16-13)18-14-5-3-2-4-11(14)8-17-18/h2-10H,15H2,1H3/t10-/m0/s1. The van der Waals surface area contributed by atoms with Crippen molar-refractivity contribution in [2.24, 2.45) is 5.73 Å². The smallest absolute Gasteiger partial charge is 0.0836 e. The molecule has 1 atom stereocenters. The van der Waals surface area contributed by atoms with Crippen molar-refractivity contribution in [3.63, 3.8) is 0 Å². The largest absolute Gasteiger partial charge is 0.323 e. The Morgan fingerprint density at radius 2 is 1.94 bits per heavy atom. The third-order valence-electron chi connectivity index (χ3n) is 2.96. The Morgan fingerprint density at radius 1 is 1.11 bits per heavy atom. The summed E-state index contributed by atoms with van der Waals surface area (Å²) < 4.78 is 1.88. The van der Waals surface area contributed by atoms with E-state index in [4.69, 9.17) is 5.73 Å². The highest BCUT2D eigenvalue weighted by Gasteiger charge is 2.05. The molecule has 18 heavy (non-hydrogen) atoms. The van der Waals surface area contributed by atoms with Crippen LogP contribution in [0.3, 0.4) is 0 Å². The molecule has 3 aromatic rings. The summed E-state index contributed by atoms with van der Waals surface area (Å²) in [5, 5.41) is 5.50. The van der Waals surface area contributed by atoms with E-state index in [1.807, 2.05) is 54.2 Å². The average molecular weight is 238 g/mol. The van der Waals surface area contributed by atoms with E-state index >= 15 is 0 Å². The van der Waals surface area contributed by atoms with Gasteiger partial charge < -0.3 is 5.73 Å². The van der Waals surface area contributed by atoms with Crippen LogP contribution in [-0.4, -0.2) is 14.8 Å². The van der Waals surface area contributed by atoms with E-state index in [1.54, 1.807) is 6.20 Å². The van der Waals surface area contributed by atoms with Crippen molar-refractivity contribution in [3.05, 3.63) is 54.5 Å². The molecular weight excluding hydrogens is 224 g/mol. The first-order chi connectivity index (χ1) is 8.75. The maximum Gasteiger partial charge on any atom is 0.0836 e. The Balaban J connectivity index is 2.09. The summed E-state index contributed by atoms with van der Waals surface area (Å²) >= 11 is 0. The van der Waals surface area contributed by atoms with Crippen LogP contribution in [0, 0.1) is 0 Å². The summed E-state index contributed by atoms with van der Waals surface area (Å²) in [6, 6.07) is 12.0. The lowest BCUT2D eigenvalue weighted by Crippen LogP contribution is -2.07. The maximum absolute atomic E-state index is 5.79. The van der Waals surface area contributed by atoms with Gasteiger partial charge in [-0.25, -0.2) is 4.68 Å². The van der Waals surface area contributed by atoms with Crippen LogP contribution in [0.1, 0.15) is 18.7 Å². The summed E-state index contributed by atoms with van der Waals surface area (Å²) in [6.07, 6.45) is 3.66. The van der Waals surface area contributed by atoms with Gasteiger partial charge in [0.2, 0.25) is 0 Å². The molecule has 0 fully saturated rings. The van der Waals surface area contributed by atoms with Gasteiger partial charge in [0, 0.05) is 11.4 Å². The Bertz CT molecular complexity index is 668. The van der Waals surface area contributed by atoms with Crippen LogP contribution in [0.15, 0.2) is 48.8 Å². The minimum atomic E-state index is -0.0478. The zero-order valence-corrected chi connectivity index (χ0v) is 10.1. The van der Waals surface area contributed by atoms with Crippen LogP contribution in [0.5, 0.6) is 0 Å². The molecule has 0 aliphatic rings. The van der Waals surface area contributed by atoms with E-state index < -0.39 is 0 Å². The lowest BCUT2D eigenvalue weighted by molar-refractivity contribution is 0.776. The lowest BCUT2D eigenvalue weighted by Gasteiger charge is -2.06. The molecule has 1 aromatic carbocycles. The molecule has 0 saturated carbocycles. The zero-order valence-electron chi connectivity index (χ0n) is 10.1. The van der Waals surface area contributed by atoms with Gasteiger partial charge >= 0.3 is 0 Å². The fraction of sp³-hybridized carbons (Fsp3) is 0.143. The molecule has 2 heterocycles. The summed E-state index contributed by atoms with van der Waals surface area (Å²) in [5.74, 6) is 0. The highest BCUT2D eigenvalue weighted by Crippen LogP contribution is 2.18. The van der Waals surface area contributed by atoms with Crippen molar-refractivity contribution < 1.29 is 0 Å². The number of para-hydroxylation sites is 1. The van der Waals surface area contributed by atoms with Gasteiger partial charge in [-0.15, -0.1) is 0 Å². The van der Waals surface area contributed by atoms with Gasteiger partial charge in [-0.2, -0.15) is 5.10 Å². The van der Waals surface area contributed by atoms with Crippen LogP contribution in [0.25, 0.3) is 16.6 Å². The molecule has 0 bridgehead atoms. The molecule has 0 aliphatic carbocycles. The van der Waals surface area contributed by atoms with E-state index in [9.17, 15) is 0 Å². The predicted octanol–water partition coefficient (Wildman–Crippen LogP) is 2.44. The Labute approximate surface area is 105 Å². The quantitative estimate of drug-likeness (QED) is 0.746. The number of pyridine rings is 1. The molecule has 2 aromatic heterocycles. The lowest BCUT2D eigenvalue weighted by atomic mass is 10.2. The second-order valence-corrected chi connectivity index (χ2v) is 4.35. The van der Waals surface area contributed by atoms with E-state index in [0.717, 1.165) is 22.3 Å². The van der Waals surface area contributed by atoms with Crippen LogP contribution in [0.4, 0.5) is 0 Å². The summed E-state index contributed by atoms with van der Waals surface area (Å²) in [6.45, 7) is 1.92. The van der Waals surface area contributed by atoms with Gasteiger partial charge in [0.15, 0.2) is 0 Å². The van der Waals surface area contributed by atoms with Gasteiger partial charge in [0.25, 0.3) is 0 Å². The monoisotopic (exact) mass is 238 g/mol. The number of fused-ring (bicyclic) bond motifs is 1. The van der Waals surface area contributed by atoms with E-state index in [0.29, 0.717) is 0 Å². The first kappa shape index (κ1) is 10.9. The fourth-order valence-electron chi connectivity index (χ4n) is 1.97. The van der Waals surface area contributed by atoms with Gasteiger partial charge in [0.05, 0.1) is 29.3 Å². The fourth-order valence-corrected chi connectivity index (χ4v) is 1.97. The minimum absolute atomic E-state index is 0.0478.